The molecule has 1 fully saturated rings. The first-order valence-electron chi connectivity index (χ1n) is 6.40. The highest BCUT2D eigenvalue weighted by Gasteiger charge is 2.52. The Morgan fingerprint density at radius 2 is 2.38 bits per heavy atom. The molecule has 1 saturated carbocycles. The molecule has 3 atom stereocenters. The summed E-state index contributed by atoms with van der Waals surface area (Å²) in [5.41, 5.74) is 1.90. The number of ether oxygens (including phenoxy) is 1. The first kappa shape index (κ1) is 11.7. The van der Waals surface area contributed by atoms with Crippen LogP contribution in [0.4, 0.5) is 0 Å². The maximum absolute atomic E-state index is 11.4. The van der Waals surface area contributed by atoms with Crippen molar-refractivity contribution in [3.63, 3.8) is 0 Å². The molecular weight excluding hydrogens is 200 g/mol. The van der Waals surface area contributed by atoms with Crippen molar-refractivity contribution in [3.8, 4) is 0 Å². The predicted octanol–water partition coefficient (Wildman–Crippen LogP) is 3.32. The van der Waals surface area contributed by atoms with Crippen molar-refractivity contribution in [1.29, 1.82) is 0 Å². The molecule has 0 heterocycles. The molecule has 0 aromatic heterocycles. The van der Waals surface area contributed by atoms with Gasteiger partial charge in [-0.15, -0.1) is 0 Å². The number of allylic oxidation sites excluding steroid dienone is 2. The minimum Gasteiger partial charge on any atom is -0.466 e. The largest absolute Gasteiger partial charge is 0.466 e. The van der Waals surface area contributed by atoms with Gasteiger partial charge >= 0.3 is 5.97 Å². The van der Waals surface area contributed by atoms with E-state index < -0.39 is 0 Å². The molecule has 90 valence electrons. The van der Waals surface area contributed by atoms with Crippen LogP contribution in [0.25, 0.3) is 0 Å². The molecule has 0 N–H and O–H groups in total. The van der Waals surface area contributed by atoms with Gasteiger partial charge in [0.1, 0.15) is 0 Å². The van der Waals surface area contributed by atoms with Crippen LogP contribution >= 0.6 is 0 Å². The zero-order chi connectivity index (χ0) is 11.8. The van der Waals surface area contributed by atoms with Gasteiger partial charge in [0, 0.05) is 6.42 Å². The molecule has 2 heteroatoms. The fourth-order valence-electron chi connectivity index (χ4n) is 3.47. The van der Waals surface area contributed by atoms with Crippen LogP contribution in [0.15, 0.2) is 11.6 Å². The third kappa shape index (κ3) is 1.79. The summed E-state index contributed by atoms with van der Waals surface area (Å²) in [6.07, 6.45) is 6.51. The molecule has 0 spiro atoms. The van der Waals surface area contributed by atoms with Crippen LogP contribution in [-0.2, 0) is 9.53 Å². The highest BCUT2D eigenvalue weighted by Crippen LogP contribution is 2.61. The van der Waals surface area contributed by atoms with Crippen LogP contribution in [0.5, 0.6) is 0 Å². The third-order valence-corrected chi connectivity index (χ3v) is 4.70. The van der Waals surface area contributed by atoms with Gasteiger partial charge in [0.2, 0.25) is 0 Å². The van der Waals surface area contributed by atoms with E-state index in [9.17, 15) is 4.79 Å². The smallest absolute Gasteiger partial charge is 0.305 e. The zero-order valence-corrected chi connectivity index (χ0v) is 10.6. The van der Waals surface area contributed by atoms with E-state index in [0.29, 0.717) is 18.4 Å². The molecule has 3 rings (SSSR count). The maximum atomic E-state index is 11.4. The molecule has 0 amide bonds. The second-order valence-electron chi connectivity index (χ2n) is 5.48. The molecule has 3 aliphatic rings. The fourth-order valence-corrected chi connectivity index (χ4v) is 3.47. The van der Waals surface area contributed by atoms with Crippen LogP contribution in [0.1, 0.15) is 46.5 Å². The van der Waals surface area contributed by atoms with Crippen LogP contribution in [-0.4, -0.2) is 12.6 Å². The van der Waals surface area contributed by atoms with Crippen molar-refractivity contribution in [2.45, 2.75) is 46.5 Å². The van der Waals surface area contributed by atoms with Gasteiger partial charge in [-0.3, -0.25) is 4.79 Å². The average Bonchev–Trinajstić information content (AvgIpc) is 2.25. The van der Waals surface area contributed by atoms with E-state index in [1.54, 1.807) is 0 Å². The molecule has 0 aliphatic heterocycles. The van der Waals surface area contributed by atoms with Gasteiger partial charge in [-0.25, -0.2) is 0 Å². The van der Waals surface area contributed by atoms with Crippen LogP contribution < -0.4 is 0 Å². The Bertz CT molecular complexity index is 319. The molecule has 0 unspecified atom stereocenters. The first-order valence-corrected chi connectivity index (χ1v) is 6.40. The van der Waals surface area contributed by atoms with Crippen molar-refractivity contribution >= 4 is 5.97 Å². The van der Waals surface area contributed by atoms with Crippen molar-refractivity contribution in [2.75, 3.05) is 6.61 Å². The summed E-state index contributed by atoms with van der Waals surface area (Å²) in [6, 6.07) is 0. The molecule has 3 aliphatic carbocycles. The Morgan fingerprint density at radius 1 is 1.62 bits per heavy atom. The Balaban J connectivity index is 1.91. The maximum Gasteiger partial charge on any atom is 0.305 e. The number of carbonyl (C=O) groups excluding carboxylic acids is 1. The monoisotopic (exact) mass is 222 g/mol. The lowest BCUT2D eigenvalue weighted by Gasteiger charge is -2.58. The molecular formula is C14H22O2. The summed E-state index contributed by atoms with van der Waals surface area (Å²) in [5.74, 6) is 1.49. The summed E-state index contributed by atoms with van der Waals surface area (Å²) >= 11 is 0. The van der Waals surface area contributed by atoms with Crippen molar-refractivity contribution in [3.05, 3.63) is 11.6 Å². The minimum absolute atomic E-state index is 0.0321. The summed E-state index contributed by atoms with van der Waals surface area (Å²) in [4.78, 5) is 11.4. The topological polar surface area (TPSA) is 26.3 Å². The number of hydrogen-bond donors (Lipinski definition) is 0. The van der Waals surface area contributed by atoms with Crippen molar-refractivity contribution in [2.24, 2.45) is 17.3 Å². The summed E-state index contributed by atoms with van der Waals surface area (Å²) in [6.45, 7) is 6.95. The quantitative estimate of drug-likeness (QED) is 0.539. The Hall–Kier alpha value is -0.790. The Morgan fingerprint density at radius 3 is 2.94 bits per heavy atom. The first-order chi connectivity index (χ1) is 7.58. The second kappa shape index (κ2) is 4.23. The van der Waals surface area contributed by atoms with Gasteiger partial charge < -0.3 is 4.74 Å². The average molecular weight is 222 g/mol. The van der Waals surface area contributed by atoms with Gasteiger partial charge in [0.05, 0.1) is 6.61 Å². The van der Waals surface area contributed by atoms with Gasteiger partial charge in [-0.2, -0.15) is 0 Å². The normalized spacial score (nSPS) is 36.3. The van der Waals surface area contributed by atoms with Crippen LogP contribution in [0, 0.1) is 17.3 Å². The molecule has 16 heavy (non-hydrogen) atoms. The van der Waals surface area contributed by atoms with E-state index in [1.165, 1.54) is 18.4 Å². The highest BCUT2D eigenvalue weighted by molar-refractivity contribution is 5.69. The molecule has 0 saturated heterocycles. The number of esters is 1. The Kier molecular flexibility index (Phi) is 3.09. The van der Waals surface area contributed by atoms with E-state index >= 15 is 0 Å². The second-order valence-corrected chi connectivity index (χ2v) is 5.48. The van der Waals surface area contributed by atoms with E-state index in [4.69, 9.17) is 4.74 Å². The number of carbonyl (C=O) groups is 1. The van der Waals surface area contributed by atoms with Gasteiger partial charge in [-0.1, -0.05) is 18.6 Å². The lowest BCUT2D eigenvalue weighted by atomic mass is 9.47. The zero-order valence-electron chi connectivity index (χ0n) is 10.6. The summed E-state index contributed by atoms with van der Waals surface area (Å²) in [5, 5.41) is 0. The van der Waals surface area contributed by atoms with Crippen LogP contribution in [0.3, 0.4) is 0 Å². The lowest BCUT2D eigenvalue weighted by Crippen LogP contribution is -2.49. The number of hydrogen-bond acceptors (Lipinski definition) is 2. The molecule has 0 aromatic rings. The SMILES string of the molecule is CCOC(=O)CC[C@@]1(C)[C@H]2CC=C(C)[C@@H]1C2. The van der Waals surface area contributed by atoms with Crippen LogP contribution in [0.2, 0.25) is 0 Å². The minimum atomic E-state index is -0.0321. The van der Waals surface area contributed by atoms with Crippen molar-refractivity contribution in [1.82, 2.24) is 0 Å². The van der Waals surface area contributed by atoms with E-state index in [2.05, 4.69) is 19.9 Å². The van der Waals surface area contributed by atoms with E-state index in [-0.39, 0.29) is 5.97 Å². The highest BCUT2D eigenvalue weighted by atomic mass is 16.5. The van der Waals surface area contributed by atoms with Gasteiger partial charge in [0.15, 0.2) is 0 Å². The lowest BCUT2D eigenvalue weighted by molar-refractivity contribution is -0.145. The summed E-state index contributed by atoms with van der Waals surface area (Å²) in [7, 11) is 0. The summed E-state index contributed by atoms with van der Waals surface area (Å²) < 4.78 is 5.00. The van der Waals surface area contributed by atoms with Gasteiger partial charge in [-0.05, 0) is 50.4 Å². The Labute approximate surface area is 98.1 Å². The number of rotatable bonds is 4. The fraction of sp³-hybridized carbons (Fsp3) is 0.786. The van der Waals surface area contributed by atoms with E-state index in [1.807, 2.05) is 6.92 Å². The molecule has 0 radical (unpaired) electrons. The van der Waals surface area contributed by atoms with E-state index in [0.717, 1.165) is 18.3 Å². The molecule has 2 bridgehead atoms. The van der Waals surface area contributed by atoms with Crippen molar-refractivity contribution < 1.29 is 9.53 Å². The van der Waals surface area contributed by atoms with Gasteiger partial charge in [0.25, 0.3) is 0 Å². The molecule has 2 nitrogen and oxygen atoms in total. The molecule has 0 aromatic carbocycles. The third-order valence-electron chi connectivity index (χ3n) is 4.70. The standard InChI is InChI=1S/C14H22O2/c1-4-16-13(15)7-8-14(3)11-6-5-10(2)12(14)9-11/h5,11-12H,4,6-9H2,1-3H3/t11-,12-,14-/m0/s1. The predicted molar refractivity (Wildman–Crippen MR) is 63.9 cm³/mol. The number of fused-ring (bicyclic) bond motifs is 1.